The van der Waals surface area contributed by atoms with Crippen molar-refractivity contribution >= 4 is 0 Å². The van der Waals surface area contributed by atoms with Crippen LogP contribution in [0.25, 0.3) is 0 Å². The van der Waals surface area contributed by atoms with Crippen LogP contribution in [0.4, 0.5) is 0 Å². The fourth-order valence-electron chi connectivity index (χ4n) is 4.12. The molecule has 1 aliphatic rings. The van der Waals surface area contributed by atoms with E-state index in [0.717, 1.165) is 24.7 Å². The van der Waals surface area contributed by atoms with Crippen molar-refractivity contribution in [1.29, 1.82) is 0 Å². The topological polar surface area (TPSA) is 18.5 Å². The molecule has 2 rings (SSSR count). The Labute approximate surface area is 161 Å². The Balaban J connectivity index is 1.85. The van der Waals surface area contributed by atoms with Gasteiger partial charge in [0.1, 0.15) is 5.75 Å². The van der Waals surface area contributed by atoms with Gasteiger partial charge in [0.2, 0.25) is 0 Å². The number of hydrogen-bond acceptors (Lipinski definition) is 2. The second-order valence-electron chi connectivity index (χ2n) is 8.62. The third-order valence-electron chi connectivity index (χ3n) is 5.97. The van der Waals surface area contributed by atoms with Crippen LogP contribution in [0.15, 0.2) is 24.3 Å². The van der Waals surface area contributed by atoms with Crippen molar-refractivity contribution in [3.8, 4) is 5.75 Å². The monoisotopic (exact) mass is 360 g/mol. The number of ether oxygens (including phenoxy) is 2. The van der Waals surface area contributed by atoms with Crippen molar-refractivity contribution in [1.82, 2.24) is 0 Å². The molecule has 2 heteroatoms. The molecular formula is C24H40O2. The van der Waals surface area contributed by atoms with Crippen LogP contribution in [-0.4, -0.2) is 12.9 Å². The van der Waals surface area contributed by atoms with Gasteiger partial charge in [-0.3, -0.25) is 0 Å². The van der Waals surface area contributed by atoms with Gasteiger partial charge >= 0.3 is 0 Å². The number of benzene rings is 1. The molecule has 1 aromatic carbocycles. The van der Waals surface area contributed by atoms with Gasteiger partial charge in [-0.25, -0.2) is 0 Å². The SMILES string of the molecule is CCCC(c1ccc(OC(CC)OCC2CCC(C)CC2)cc1)C(C)C. The fraction of sp³-hybridized carbons (Fsp3) is 0.750. The van der Waals surface area contributed by atoms with Gasteiger partial charge in [-0.2, -0.15) is 0 Å². The molecule has 0 aliphatic heterocycles. The highest BCUT2D eigenvalue weighted by Gasteiger charge is 2.20. The molecule has 2 nitrogen and oxygen atoms in total. The molecule has 2 atom stereocenters. The molecule has 0 radical (unpaired) electrons. The molecule has 148 valence electrons. The third-order valence-corrected chi connectivity index (χ3v) is 5.97. The van der Waals surface area contributed by atoms with Gasteiger partial charge in [-0.05, 0) is 60.6 Å². The summed E-state index contributed by atoms with van der Waals surface area (Å²) in [6.45, 7) is 12.2. The Morgan fingerprint density at radius 3 is 2.19 bits per heavy atom. The standard InChI is InChI=1S/C24H40O2/c1-6-8-23(18(3)4)21-13-15-22(16-14-21)26-24(7-2)25-17-20-11-9-19(5)10-12-20/h13-16,18-20,23-24H,6-12,17H2,1-5H3. The highest BCUT2D eigenvalue weighted by Crippen LogP contribution is 2.31. The summed E-state index contributed by atoms with van der Waals surface area (Å²) >= 11 is 0. The van der Waals surface area contributed by atoms with Gasteiger partial charge in [0.05, 0.1) is 6.61 Å². The summed E-state index contributed by atoms with van der Waals surface area (Å²) in [5, 5.41) is 0. The molecule has 1 saturated carbocycles. The largest absolute Gasteiger partial charge is 0.465 e. The van der Waals surface area contributed by atoms with E-state index in [-0.39, 0.29) is 6.29 Å². The highest BCUT2D eigenvalue weighted by molar-refractivity contribution is 5.29. The van der Waals surface area contributed by atoms with Crippen molar-refractivity contribution in [2.24, 2.45) is 17.8 Å². The van der Waals surface area contributed by atoms with E-state index in [2.05, 4.69) is 58.9 Å². The number of hydrogen-bond donors (Lipinski definition) is 0. The molecule has 0 saturated heterocycles. The van der Waals surface area contributed by atoms with Crippen LogP contribution in [0.5, 0.6) is 5.75 Å². The van der Waals surface area contributed by atoms with Crippen LogP contribution in [-0.2, 0) is 4.74 Å². The predicted molar refractivity (Wildman–Crippen MR) is 111 cm³/mol. The highest BCUT2D eigenvalue weighted by atomic mass is 16.7. The Morgan fingerprint density at radius 2 is 1.65 bits per heavy atom. The normalized spacial score (nSPS) is 23.0. The van der Waals surface area contributed by atoms with Gasteiger partial charge in [0, 0.05) is 6.42 Å². The van der Waals surface area contributed by atoms with Crippen molar-refractivity contribution in [3.05, 3.63) is 29.8 Å². The maximum absolute atomic E-state index is 6.11. The predicted octanol–water partition coefficient (Wildman–Crippen LogP) is 7.18. The zero-order valence-electron chi connectivity index (χ0n) is 17.7. The maximum atomic E-state index is 6.11. The van der Waals surface area contributed by atoms with E-state index in [1.807, 2.05) is 0 Å². The quantitative estimate of drug-likeness (QED) is 0.411. The summed E-state index contributed by atoms with van der Waals surface area (Å²) < 4.78 is 12.2. The molecule has 1 aliphatic carbocycles. The molecule has 0 aromatic heterocycles. The molecule has 2 unspecified atom stereocenters. The Morgan fingerprint density at radius 1 is 1.00 bits per heavy atom. The molecule has 0 heterocycles. The molecule has 0 amide bonds. The van der Waals surface area contributed by atoms with Crippen molar-refractivity contribution in [2.75, 3.05) is 6.61 Å². The van der Waals surface area contributed by atoms with Crippen LogP contribution < -0.4 is 4.74 Å². The minimum Gasteiger partial charge on any atom is -0.465 e. The van der Waals surface area contributed by atoms with Crippen LogP contribution in [0, 0.1) is 17.8 Å². The second-order valence-corrected chi connectivity index (χ2v) is 8.62. The second kappa shape index (κ2) is 11.0. The fourth-order valence-corrected chi connectivity index (χ4v) is 4.12. The van der Waals surface area contributed by atoms with Crippen LogP contribution >= 0.6 is 0 Å². The van der Waals surface area contributed by atoms with Gasteiger partial charge in [0.15, 0.2) is 6.29 Å². The van der Waals surface area contributed by atoms with E-state index in [0.29, 0.717) is 17.8 Å². The first-order valence-corrected chi connectivity index (χ1v) is 10.9. The van der Waals surface area contributed by atoms with E-state index in [4.69, 9.17) is 9.47 Å². The van der Waals surface area contributed by atoms with Gasteiger partial charge in [-0.15, -0.1) is 0 Å². The lowest BCUT2D eigenvalue weighted by Gasteiger charge is -2.28. The molecule has 0 N–H and O–H groups in total. The first kappa shape index (κ1) is 21.3. The first-order chi connectivity index (χ1) is 12.5. The third kappa shape index (κ3) is 6.61. The van der Waals surface area contributed by atoms with E-state index < -0.39 is 0 Å². The summed E-state index contributed by atoms with van der Waals surface area (Å²) in [4.78, 5) is 0. The summed E-state index contributed by atoms with van der Waals surface area (Å²) in [5.41, 5.74) is 1.43. The Bertz CT molecular complexity index is 485. The summed E-state index contributed by atoms with van der Waals surface area (Å²) in [7, 11) is 0. The number of rotatable bonds is 10. The Hall–Kier alpha value is -1.02. The van der Waals surface area contributed by atoms with Gasteiger partial charge < -0.3 is 9.47 Å². The molecule has 0 bridgehead atoms. The summed E-state index contributed by atoms with van der Waals surface area (Å²) in [5.74, 6) is 3.85. The summed E-state index contributed by atoms with van der Waals surface area (Å²) in [6, 6.07) is 8.72. The average molecular weight is 361 g/mol. The minimum absolute atomic E-state index is 0.128. The Kier molecular flexibility index (Phi) is 8.98. The zero-order chi connectivity index (χ0) is 18.9. The zero-order valence-corrected chi connectivity index (χ0v) is 17.7. The van der Waals surface area contributed by atoms with Crippen molar-refractivity contribution < 1.29 is 9.47 Å². The molecule has 1 fully saturated rings. The van der Waals surface area contributed by atoms with E-state index in [9.17, 15) is 0 Å². The lowest BCUT2D eigenvalue weighted by atomic mass is 9.83. The lowest BCUT2D eigenvalue weighted by molar-refractivity contribution is -0.0966. The molecule has 1 aromatic rings. The van der Waals surface area contributed by atoms with Gasteiger partial charge in [0.25, 0.3) is 0 Å². The average Bonchev–Trinajstić information content (AvgIpc) is 2.65. The molecular weight excluding hydrogens is 320 g/mol. The lowest BCUT2D eigenvalue weighted by Crippen LogP contribution is -2.25. The van der Waals surface area contributed by atoms with E-state index >= 15 is 0 Å². The smallest absolute Gasteiger partial charge is 0.199 e. The van der Waals surface area contributed by atoms with E-state index in [1.165, 1.54) is 44.1 Å². The van der Waals surface area contributed by atoms with Crippen LogP contribution in [0.2, 0.25) is 0 Å². The van der Waals surface area contributed by atoms with E-state index in [1.54, 1.807) is 0 Å². The minimum atomic E-state index is -0.128. The van der Waals surface area contributed by atoms with Crippen LogP contribution in [0.3, 0.4) is 0 Å². The first-order valence-electron chi connectivity index (χ1n) is 10.9. The molecule has 0 spiro atoms. The molecule has 26 heavy (non-hydrogen) atoms. The maximum Gasteiger partial charge on any atom is 0.199 e. The van der Waals surface area contributed by atoms with Crippen molar-refractivity contribution in [2.45, 2.75) is 91.8 Å². The van der Waals surface area contributed by atoms with Crippen molar-refractivity contribution in [3.63, 3.8) is 0 Å². The summed E-state index contributed by atoms with van der Waals surface area (Å²) in [6.07, 6.45) is 8.54. The van der Waals surface area contributed by atoms with Crippen LogP contribution in [0.1, 0.15) is 91.0 Å². The van der Waals surface area contributed by atoms with Gasteiger partial charge in [-0.1, -0.05) is 66.0 Å².